The number of carbonyl (C=O) groups is 2. The maximum absolute atomic E-state index is 12.5. The predicted molar refractivity (Wildman–Crippen MR) is 74.2 cm³/mol. The second-order valence-corrected chi connectivity index (χ2v) is 6.48. The van der Waals surface area contributed by atoms with Crippen molar-refractivity contribution in [3.05, 3.63) is 0 Å². The van der Waals surface area contributed by atoms with Gasteiger partial charge in [0.25, 0.3) is 0 Å². The minimum Gasteiger partial charge on any atom is -0.481 e. The summed E-state index contributed by atoms with van der Waals surface area (Å²) < 4.78 is 0. The summed E-state index contributed by atoms with van der Waals surface area (Å²) in [6.07, 6.45) is 6.68. The Hall–Kier alpha value is -1.10. The molecule has 0 bridgehead atoms. The highest BCUT2D eigenvalue weighted by molar-refractivity contribution is 5.85. The second kappa shape index (κ2) is 5.72. The first kappa shape index (κ1) is 13.9. The summed E-state index contributed by atoms with van der Waals surface area (Å²) in [4.78, 5) is 26.2. The van der Waals surface area contributed by atoms with Crippen LogP contribution in [0.15, 0.2) is 0 Å². The molecule has 1 aliphatic carbocycles. The molecule has 5 nitrogen and oxygen atoms in total. The lowest BCUT2D eigenvalue weighted by molar-refractivity contribution is -0.149. The van der Waals surface area contributed by atoms with E-state index in [2.05, 4.69) is 10.2 Å². The minimum atomic E-state index is -0.807. The van der Waals surface area contributed by atoms with Crippen molar-refractivity contribution in [3.63, 3.8) is 0 Å². The molecular formula is C15H24N2O3. The van der Waals surface area contributed by atoms with Crippen LogP contribution in [0.3, 0.4) is 0 Å². The number of carboxylic acids is 1. The quantitative estimate of drug-likeness (QED) is 0.816. The number of rotatable bonds is 3. The van der Waals surface area contributed by atoms with Crippen LogP contribution in [0, 0.1) is 11.8 Å². The van der Waals surface area contributed by atoms with E-state index < -0.39 is 11.9 Å². The first-order valence-corrected chi connectivity index (χ1v) is 7.94. The molecule has 0 aromatic heterocycles. The standard InChI is InChI=1S/C15H24N2O3/c18-14(10-4-1-2-5-11(10)15(19)20)16-12-7-9-17-8-3-6-13(12)17/h10-13H,1-9H2,(H,16,18)(H,19,20)/t10-,11+,12?,13?/m1/s1. The summed E-state index contributed by atoms with van der Waals surface area (Å²) in [5, 5.41) is 12.4. The Labute approximate surface area is 119 Å². The van der Waals surface area contributed by atoms with Crippen molar-refractivity contribution in [1.82, 2.24) is 10.2 Å². The number of amides is 1. The summed E-state index contributed by atoms with van der Waals surface area (Å²) in [6, 6.07) is 0.729. The van der Waals surface area contributed by atoms with Crippen LogP contribution in [-0.2, 0) is 9.59 Å². The van der Waals surface area contributed by atoms with Gasteiger partial charge in [-0.05, 0) is 38.6 Å². The fourth-order valence-electron chi connectivity index (χ4n) is 4.28. The summed E-state index contributed by atoms with van der Waals surface area (Å²) in [5.74, 6) is -1.63. The van der Waals surface area contributed by atoms with E-state index in [4.69, 9.17) is 0 Å². The fourth-order valence-corrected chi connectivity index (χ4v) is 4.28. The third-order valence-electron chi connectivity index (χ3n) is 5.35. The molecule has 5 heteroatoms. The van der Waals surface area contributed by atoms with Crippen LogP contribution in [0.1, 0.15) is 44.9 Å². The molecule has 112 valence electrons. The number of aliphatic carboxylic acids is 1. The van der Waals surface area contributed by atoms with Crippen LogP contribution in [0.25, 0.3) is 0 Å². The molecule has 2 heterocycles. The average Bonchev–Trinajstić information content (AvgIpc) is 3.03. The Balaban J connectivity index is 1.61. The maximum Gasteiger partial charge on any atom is 0.307 e. The number of fused-ring (bicyclic) bond motifs is 1. The van der Waals surface area contributed by atoms with Gasteiger partial charge in [-0.25, -0.2) is 0 Å². The Morgan fingerprint density at radius 3 is 2.45 bits per heavy atom. The third kappa shape index (κ3) is 2.55. The minimum absolute atomic E-state index is 0.0177. The SMILES string of the molecule is O=C(O)[C@H]1CCCC[C@H]1C(=O)NC1CCN2CCCC12. The largest absolute Gasteiger partial charge is 0.481 e. The number of hydrogen-bond acceptors (Lipinski definition) is 3. The summed E-state index contributed by atoms with van der Waals surface area (Å²) >= 11 is 0. The lowest BCUT2D eigenvalue weighted by Gasteiger charge is -2.30. The van der Waals surface area contributed by atoms with Crippen LogP contribution in [0.5, 0.6) is 0 Å². The highest BCUT2D eigenvalue weighted by Crippen LogP contribution is 2.32. The molecule has 1 saturated carbocycles. The number of carbonyl (C=O) groups excluding carboxylic acids is 1. The van der Waals surface area contributed by atoms with Gasteiger partial charge < -0.3 is 10.4 Å². The molecule has 0 aromatic carbocycles. The van der Waals surface area contributed by atoms with Crippen molar-refractivity contribution < 1.29 is 14.7 Å². The highest BCUT2D eigenvalue weighted by atomic mass is 16.4. The van der Waals surface area contributed by atoms with Gasteiger partial charge in [-0.2, -0.15) is 0 Å². The zero-order valence-corrected chi connectivity index (χ0v) is 11.9. The summed E-state index contributed by atoms with van der Waals surface area (Å²) in [6.45, 7) is 2.22. The normalized spacial score (nSPS) is 37.6. The number of nitrogens with one attached hydrogen (secondary N) is 1. The summed E-state index contributed by atoms with van der Waals surface area (Å²) in [7, 11) is 0. The van der Waals surface area contributed by atoms with Crippen LogP contribution in [0.4, 0.5) is 0 Å². The first-order chi connectivity index (χ1) is 9.66. The second-order valence-electron chi connectivity index (χ2n) is 6.48. The molecule has 0 radical (unpaired) electrons. The molecular weight excluding hydrogens is 256 g/mol. The van der Waals surface area contributed by atoms with Crippen molar-refractivity contribution in [3.8, 4) is 0 Å². The van der Waals surface area contributed by atoms with Crippen molar-refractivity contribution in [1.29, 1.82) is 0 Å². The molecule has 0 spiro atoms. The van der Waals surface area contributed by atoms with Gasteiger partial charge in [0.15, 0.2) is 0 Å². The lowest BCUT2D eigenvalue weighted by atomic mass is 9.78. The lowest BCUT2D eigenvalue weighted by Crippen LogP contribution is -2.47. The van der Waals surface area contributed by atoms with E-state index in [0.29, 0.717) is 12.5 Å². The van der Waals surface area contributed by atoms with Gasteiger partial charge in [-0.3, -0.25) is 14.5 Å². The predicted octanol–water partition coefficient (Wildman–Crippen LogP) is 1.23. The van der Waals surface area contributed by atoms with Crippen molar-refractivity contribution in [2.24, 2.45) is 11.8 Å². The Kier molecular flexibility index (Phi) is 3.96. The zero-order chi connectivity index (χ0) is 14.1. The molecule has 2 saturated heterocycles. The Morgan fingerprint density at radius 2 is 1.70 bits per heavy atom. The van der Waals surface area contributed by atoms with E-state index in [1.807, 2.05) is 0 Å². The number of hydrogen-bond donors (Lipinski definition) is 2. The maximum atomic E-state index is 12.5. The molecule has 2 unspecified atom stereocenters. The van der Waals surface area contributed by atoms with Crippen molar-refractivity contribution in [2.45, 2.75) is 57.0 Å². The smallest absolute Gasteiger partial charge is 0.307 e. The Bertz CT molecular complexity index is 399. The molecule has 3 aliphatic rings. The average molecular weight is 280 g/mol. The topological polar surface area (TPSA) is 69.6 Å². The van der Waals surface area contributed by atoms with E-state index in [1.54, 1.807) is 0 Å². The number of carboxylic acid groups (broad SMARTS) is 1. The summed E-state index contributed by atoms with van der Waals surface area (Å²) in [5.41, 5.74) is 0. The van der Waals surface area contributed by atoms with E-state index in [1.165, 1.54) is 6.42 Å². The fraction of sp³-hybridized carbons (Fsp3) is 0.867. The van der Waals surface area contributed by atoms with E-state index in [-0.39, 0.29) is 17.9 Å². The molecule has 2 aliphatic heterocycles. The first-order valence-electron chi connectivity index (χ1n) is 7.94. The third-order valence-corrected chi connectivity index (χ3v) is 5.35. The molecule has 1 amide bonds. The molecule has 2 N–H and O–H groups in total. The Morgan fingerprint density at radius 1 is 0.950 bits per heavy atom. The molecule has 4 atom stereocenters. The monoisotopic (exact) mass is 280 g/mol. The van der Waals surface area contributed by atoms with Crippen LogP contribution >= 0.6 is 0 Å². The van der Waals surface area contributed by atoms with Crippen LogP contribution in [0.2, 0.25) is 0 Å². The van der Waals surface area contributed by atoms with E-state index >= 15 is 0 Å². The van der Waals surface area contributed by atoms with Crippen molar-refractivity contribution in [2.75, 3.05) is 13.1 Å². The van der Waals surface area contributed by atoms with Gasteiger partial charge in [0.2, 0.25) is 5.91 Å². The van der Waals surface area contributed by atoms with Gasteiger partial charge in [0, 0.05) is 18.6 Å². The van der Waals surface area contributed by atoms with Crippen LogP contribution < -0.4 is 5.32 Å². The van der Waals surface area contributed by atoms with Gasteiger partial charge in [0.1, 0.15) is 0 Å². The molecule has 3 rings (SSSR count). The van der Waals surface area contributed by atoms with Gasteiger partial charge in [0.05, 0.1) is 11.8 Å². The van der Waals surface area contributed by atoms with Gasteiger partial charge in [-0.1, -0.05) is 12.8 Å². The molecule has 0 aromatic rings. The highest BCUT2D eigenvalue weighted by Gasteiger charge is 2.41. The zero-order valence-electron chi connectivity index (χ0n) is 11.9. The van der Waals surface area contributed by atoms with Gasteiger partial charge in [-0.15, -0.1) is 0 Å². The molecule has 20 heavy (non-hydrogen) atoms. The number of nitrogens with zero attached hydrogens (tertiary/aromatic N) is 1. The van der Waals surface area contributed by atoms with Crippen molar-refractivity contribution >= 4 is 11.9 Å². The van der Waals surface area contributed by atoms with Crippen LogP contribution in [-0.4, -0.2) is 47.1 Å². The molecule has 3 fully saturated rings. The van der Waals surface area contributed by atoms with E-state index in [0.717, 1.165) is 45.2 Å². The van der Waals surface area contributed by atoms with Gasteiger partial charge >= 0.3 is 5.97 Å². The van der Waals surface area contributed by atoms with E-state index in [9.17, 15) is 14.7 Å².